The molecule has 0 aliphatic rings. The molecule has 1 aromatic carbocycles. The van der Waals surface area contributed by atoms with Gasteiger partial charge in [-0.2, -0.15) is 13.2 Å². The van der Waals surface area contributed by atoms with Crippen molar-refractivity contribution in [1.29, 1.82) is 0 Å². The SMILES string of the molecule is Cc1cccc(C(=O)O)c1Sc1ccc(C(F)(F)F)cn1. The number of carbonyl (C=O) groups is 1. The van der Waals surface area contributed by atoms with Crippen LogP contribution in [-0.4, -0.2) is 16.1 Å². The highest BCUT2D eigenvalue weighted by molar-refractivity contribution is 7.99. The zero-order valence-corrected chi connectivity index (χ0v) is 11.6. The van der Waals surface area contributed by atoms with Crippen LogP contribution < -0.4 is 0 Å². The number of pyridine rings is 1. The molecule has 2 rings (SSSR count). The second kappa shape index (κ2) is 5.77. The average Bonchev–Trinajstić information content (AvgIpc) is 2.40. The molecule has 0 amide bonds. The maximum atomic E-state index is 12.5. The Morgan fingerprint density at radius 2 is 1.95 bits per heavy atom. The number of hydrogen-bond acceptors (Lipinski definition) is 3. The van der Waals surface area contributed by atoms with Crippen molar-refractivity contribution >= 4 is 17.7 Å². The van der Waals surface area contributed by atoms with Crippen molar-refractivity contribution in [3.8, 4) is 0 Å². The number of alkyl halides is 3. The summed E-state index contributed by atoms with van der Waals surface area (Å²) in [6, 6.07) is 6.95. The van der Waals surface area contributed by atoms with Gasteiger partial charge < -0.3 is 5.11 Å². The van der Waals surface area contributed by atoms with E-state index in [1.165, 1.54) is 12.1 Å². The van der Waals surface area contributed by atoms with Gasteiger partial charge in [0.15, 0.2) is 0 Å². The van der Waals surface area contributed by atoms with Gasteiger partial charge in [0.05, 0.1) is 11.1 Å². The molecule has 0 bridgehead atoms. The highest BCUT2D eigenvalue weighted by atomic mass is 32.2. The Labute approximate surface area is 122 Å². The van der Waals surface area contributed by atoms with Crippen molar-refractivity contribution < 1.29 is 23.1 Å². The summed E-state index contributed by atoms with van der Waals surface area (Å²) in [5, 5.41) is 9.44. The first kappa shape index (κ1) is 15.4. The summed E-state index contributed by atoms with van der Waals surface area (Å²) in [6.07, 6.45) is -3.70. The summed E-state index contributed by atoms with van der Waals surface area (Å²) in [5.41, 5.74) is -0.0154. The number of carboxylic acids is 1. The Hall–Kier alpha value is -2.02. The van der Waals surface area contributed by atoms with Crippen LogP contribution in [0.5, 0.6) is 0 Å². The lowest BCUT2D eigenvalue weighted by Crippen LogP contribution is -2.05. The highest BCUT2D eigenvalue weighted by Gasteiger charge is 2.30. The van der Waals surface area contributed by atoms with Gasteiger partial charge in [0.1, 0.15) is 5.03 Å². The number of halogens is 3. The standard InChI is InChI=1S/C14H10F3NO2S/c1-8-3-2-4-10(13(19)20)12(8)21-11-6-5-9(7-18-11)14(15,16)17/h2-7H,1H3,(H,19,20). The fourth-order valence-corrected chi connectivity index (χ4v) is 2.61. The van der Waals surface area contributed by atoms with Gasteiger partial charge in [0.2, 0.25) is 0 Å². The summed E-state index contributed by atoms with van der Waals surface area (Å²) in [6.45, 7) is 1.73. The van der Waals surface area contributed by atoms with Crippen LogP contribution in [0.3, 0.4) is 0 Å². The Bertz CT molecular complexity index is 669. The number of nitrogens with zero attached hydrogens (tertiary/aromatic N) is 1. The Morgan fingerprint density at radius 3 is 2.48 bits per heavy atom. The van der Waals surface area contributed by atoms with Gasteiger partial charge in [0, 0.05) is 11.1 Å². The van der Waals surface area contributed by atoms with E-state index in [4.69, 9.17) is 5.11 Å². The van der Waals surface area contributed by atoms with Crippen molar-refractivity contribution in [2.45, 2.75) is 23.0 Å². The van der Waals surface area contributed by atoms with Crippen molar-refractivity contribution in [2.75, 3.05) is 0 Å². The van der Waals surface area contributed by atoms with Crippen LogP contribution >= 0.6 is 11.8 Å². The van der Waals surface area contributed by atoms with Gasteiger partial charge in [0.25, 0.3) is 0 Å². The van der Waals surface area contributed by atoms with Gasteiger partial charge in [-0.25, -0.2) is 9.78 Å². The molecule has 0 aliphatic heterocycles. The van der Waals surface area contributed by atoms with Gasteiger partial charge >= 0.3 is 12.1 Å². The van der Waals surface area contributed by atoms with Gasteiger partial charge in [-0.05, 0) is 30.7 Å². The van der Waals surface area contributed by atoms with E-state index < -0.39 is 17.7 Å². The number of benzene rings is 1. The second-order valence-corrected chi connectivity index (χ2v) is 5.27. The van der Waals surface area contributed by atoms with Crippen LogP contribution in [0.4, 0.5) is 13.2 Å². The van der Waals surface area contributed by atoms with E-state index in [0.717, 1.165) is 29.6 Å². The number of carboxylic acid groups (broad SMARTS) is 1. The minimum absolute atomic E-state index is 0.0988. The van der Waals surface area contributed by atoms with Crippen LogP contribution in [0.15, 0.2) is 46.5 Å². The maximum Gasteiger partial charge on any atom is 0.417 e. The molecule has 0 saturated carbocycles. The molecular weight excluding hydrogens is 303 g/mol. The van der Waals surface area contributed by atoms with Gasteiger partial charge in [-0.1, -0.05) is 23.9 Å². The zero-order valence-electron chi connectivity index (χ0n) is 10.8. The van der Waals surface area contributed by atoms with E-state index in [1.807, 2.05) is 0 Å². The van der Waals surface area contributed by atoms with Crippen LogP contribution in [0, 0.1) is 6.92 Å². The molecule has 0 radical (unpaired) electrons. The lowest BCUT2D eigenvalue weighted by Gasteiger charge is -2.10. The van der Waals surface area contributed by atoms with Crippen molar-refractivity contribution in [1.82, 2.24) is 4.98 Å². The maximum absolute atomic E-state index is 12.5. The third kappa shape index (κ3) is 3.55. The van der Waals surface area contributed by atoms with E-state index in [1.54, 1.807) is 19.1 Å². The predicted octanol–water partition coefficient (Wildman–Crippen LogP) is 4.26. The van der Waals surface area contributed by atoms with Crippen LogP contribution in [-0.2, 0) is 6.18 Å². The molecule has 21 heavy (non-hydrogen) atoms. The molecule has 0 fully saturated rings. The fraction of sp³-hybridized carbons (Fsp3) is 0.143. The van der Waals surface area contributed by atoms with E-state index in [-0.39, 0.29) is 5.56 Å². The molecule has 7 heteroatoms. The average molecular weight is 313 g/mol. The first-order chi connectivity index (χ1) is 9.79. The molecule has 0 unspecified atom stereocenters. The third-order valence-corrected chi connectivity index (χ3v) is 3.91. The number of aromatic carboxylic acids is 1. The van der Waals surface area contributed by atoms with E-state index in [0.29, 0.717) is 9.92 Å². The molecule has 0 spiro atoms. The second-order valence-electron chi connectivity index (χ2n) is 4.24. The molecule has 0 saturated heterocycles. The van der Waals surface area contributed by atoms with Crippen LogP contribution in [0.2, 0.25) is 0 Å². The monoisotopic (exact) mass is 313 g/mol. The van der Waals surface area contributed by atoms with E-state index >= 15 is 0 Å². The smallest absolute Gasteiger partial charge is 0.417 e. The van der Waals surface area contributed by atoms with Crippen molar-refractivity contribution in [3.63, 3.8) is 0 Å². The quantitative estimate of drug-likeness (QED) is 0.920. The first-order valence-corrected chi connectivity index (χ1v) is 6.64. The summed E-state index contributed by atoms with van der Waals surface area (Å²) in [4.78, 5) is 15.4. The lowest BCUT2D eigenvalue weighted by atomic mass is 10.1. The normalized spacial score (nSPS) is 11.4. The first-order valence-electron chi connectivity index (χ1n) is 5.83. The molecule has 1 heterocycles. The minimum atomic E-state index is -4.44. The Morgan fingerprint density at radius 1 is 1.24 bits per heavy atom. The van der Waals surface area contributed by atoms with E-state index in [9.17, 15) is 18.0 Å². The third-order valence-electron chi connectivity index (χ3n) is 2.71. The van der Waals surface area contributed by atoms with Crippen molar-refractivity contribution in [2.24, 2.45) is 0 Å². The predicted molar refractivity (Wildman–Crippen MR) is 71.5 cm³/mol. The van der Waals surface area contributed by atoms with Crippen LogP contribution in [0.25, 0.3) is 0 Å². The van der Waals surface area contributed by atoms with Gasteiger partial charge in [-0.3, -0.25) is 0 Å². The molecule has 1 aromatic heterocycles. The molecule has 2 aromatic rings. The summed E-state index contributed by atoms with van der Waals surface area (Å²) in [5.74, 6) is -1.09. The molecule has 110 valence electrons. The molecule has 0 aliphatic carbocycles. The number of aryl methyl sites for hydroxylation is 1. The topological polar surface area (TPSA) is 50.2 Å². The fourth-order valence-electron chi connectivity index (χ4n) is 1.67. The van der Waals surface area contributed by atoms with Gasteiger partial charge in [-0.15, -0.1) is 0 Å². The van der Waals surface area contributed by atoms with Crippen molar-refractivity contribution in [3.05, 3.63) is 53.2 Å². The zero-order chi connectivity index (χ0) is 15.6. The highest BCUT2D eigenvalue weighted by Crippen LogP contribution is 2.34. The molecular formula is C14H10F3NO2S. The largest absolute Gasteiger partial charge is 0.478 e. The Kier molecular flexibility index (Phi) is 4.22. The molecule has 3 nitrogen and oxygen atoms in total. The molecule has 1 N–H and O–H groups in total. The lowest BCUT2D eigenvalue weighted by molar-refractivity contribution is -0.137. The molecule has 0 atom stereocenters. The number of aromatic nitrogens is 1. The minimum Gasteiger partial charge on any atom is -0.478 e. The van der Waals surface area contributed by atoms with E-state index in [2.05, 4.69) is 4.98 Å². The van der Waals surface area contributed by atoms with Crippen LogP contribution in [0.1, 0.15) is 21.5 Å². The summed E-state index contributed by atoms with van der Waals surface area (Å²) < 4.78 is 37.4. The summed E-state index contributed by atoms with van der Waals surface area (Å²) >= 11 is 1.03. The number of hydrogen-bond donors (Lipinski definition) is 1. The Balaban J connectivity index is 2.33. The summed E-state index contributed by atoms with van der Waals surface area (Å²) in [7, 11) is 0. The number of rotatable bonds is 3.